The number of rotatable bonds is 3. The second-order valence-corrected chi connectivity index (χ2v) is 5.24. The minimum Gasteiger partial charge on any atom is -0.362 e. The molecule has 3 aromatic rings. The highest BCUT2D eigenvalue weighted by Crippen LogP contribution is 2.24. The fraction of sp³-hybridized carbons (Fsp3) is 0.200. The maximum absolute atomic E-state index is 5.91. The van der Waals surface area contributed by atoms with Crippen molar-refractivity contribution in [1.82, 2.24) is 14.5 Å². The summed E-state index contributed by atoms with van der Waals surface area (Å²) in [5, 5.41) is 4.15. The van der Waals surface area contributed by atoms with Gasteiger partial charge in [-0.3, -0.25) is 0 Å². The summed E-state index contributed by atoms with van der Waals surface area (Å²) in [4.78, 5) is 8.79. The topological polar surface area (TPSA) is 42.7 Å². The summed E-state index contributed by atoms with van der Waals surface area (Å²) in [7, 11) is 1.97. The maximum atomic E-state index is 5.91. The fourth-order valence-electron chi connectivity index (χ4n) is 2.21. The molecule has 2 aromatic heterocycles. The number of fused-ring (bicyclic) bond motifs is 1. The molecule has 0 aliphatic heterocycles. The number of nitrogens with one attached hydrogen (secondary N) is 1. The molecular formula is C15H15ClN4. The smallest absolute Gasteiger partial charge is 0.154 e. The average Bonchev–Trinajstić information content (AvgIpc) is 2.82. The molecule has 0 aliphatic rings. The van der Waals surface area contributed by atoms with Gasteiger partial charge in [0.05, 0.1) is 17.9 Å². The fourth-order valence-corrected chi connectivity index (χ4v) is 2.33. The molecule has 2 heterocycles. The molecule has 0 saturated heterocycles. The van der Waals surface area contributed by atoms with Crippen LogP contribution in [0.5, 0.6) is 0 Å². The van der Waals surface area contributed by atoms with Crippen molar-refractivity contribution in [3.8, 4) is 0 Å². The van der Waals surface area contributed by atoms with E-state index < -0.39 is 0 Å². The van der Waals surface area contributed by atoms with E-state index in [4.69, 9.17) is 11.6 Å². The first-order chi connectivity index (χ1) is 9.65. The highest BCUT2D eigenvalue weighted by molar-refractivity contribution is 6.30. The normalized spacial score (nSPS) is 12.6. The molecule has 0 fully saturated rings. The van der Waals surface area contributed by atoms with Crippen molar-refractivity contribution in [3.05, 3.63) is 53.4 Å². The zero-order valence-electron chi connectivity index (χ0n) is 11.3. The highest BCUT2D eigenvalue weighted by atomic mass is 35.5. The van der Waals surface area contributed by atoms with E-state index in [1.807, 2.05) is 41.9 Å². The summed E-state index contributed by atoms with van der Waals surface area (Å²) in [5.74, 6) is 0.797. The zero-order chi connectivity index (χ0) is 14.1. The van der Waals surface area contributed by atoms with Crippen molar-refractivity contribution < 1.29 is 0 Å². The minimum absolute atomic E-state index is 0.132. The average molecular weight is 287 g/mol. The molecular weight excluding hydrogens is 272 g/mol. The van der Waals surface area contributed by atoms with Crippen molar-refractivity contribution in [1.29, 1.82) is 0 Å². The van der Waals surface area contributed by atoms with Crippen LogP contribution in [0.3, 0.4) is 0 Å². The molecule has 1 unspecified atom stereocenters. The molecule has 0 radical (unpaired) electrons. The Morgan fingerprint density at radius 3 is 2.65 bits per heavy atom. The lowest BCUT2D eigenvalue weighted by Crippen LogP contribution is -2.08. The Labute approximate surface area is 122 Å². The second-order valence-electron chi connectivity index (χ2n) is 4.80. The third kappa shape index (κ3) is 2.34. The van der Waals surface area contributed by atoms with E-state index in [1.54, 1.807) is 12.5 Å². The first kappa shape index (κ1) is 12.9. The zero-order valence-corrected chi connectivity index (χ0v) is 12.1. The van der Waals surface area contributed by atoms with Gasteiger partial charge >= 0.3 is 0 Å². The molecule has 0 aliphatic carbocycles. The number of anilines is 1. The first-order valence-electron chi connectivity index (χ1n) is 6.43. The summed E-state index contributed by atoms with van der Waals surface area (Å²) in [5.41, 5.74) is 3.10. The van der Waals surface area contributed by atoms with Crippen LogP contribution in [0.4, 0.5) is 5.82 Å². The van der Waals surface area contributed by atoms with Crippen LogP contribution in [0.15, 0.2) is 42.9 Å². The molecule has 0 saturated carbocycles. The van der Waals surface area contributed by atoms with E-state index in [9.17, 15) is 0 Å². The van der Waals surface area contributed by atoms with E-state index >= 15 is 0 Å². The standard InChI is InChI=1S/C15H15ClN4/c1-10(11-3-5-12(16)6-4-11)19-15-14-13(7-8-17-15)20(2)9-18-14/h3-10H,1-2H3,(H,17,19). The minimum atomic E-state index is 0.132. The lowest BCUT2D eigenvalue weighted by Gasteiger charge is -2.15. The summed E-state index contributed by atoms with van der Waals surface area (Å²) in [6, 6.07) is 9.90. The molecule has 102 valence electrons. The number of benzene rings is 1. The Kier molecular flexibility index (Phi) is 3.32. The van der Waals surface area contributed by atoms with E-state index in [2.05, 4.69) is 22.2 Å². The van der Waals surface area contributed by atoms with Crippen LogP contribution in [-0.4, -0.2) is 14.5 Å². The van der Waals surface area contributed by atoms with Crippen LogP contribution in [-0.2, 0) is 7.05 Å². The van der Waals surface area contributed by atoms with Crippen molar-refractivity contribution in [2.75, 3.05) is 5.32 Å². The largest absolute Gasteiger partial charge is 0.362 e. The van der Waals surface area contributed by atoms with E-state index in [0.29, 0.717) is 0 Å². The Morgan fingerprint density at radius 2 is 1.90 bits per heavy atom. The highest BCUT2D eigenvalue weighted by Gasteiger charge is 2.11. The van der Waals surface area contributed by atoms with Crippen LogP contribution in [0.2, 0.25) is 5.02 Å². The molecule has 0 amide bonds. The molecule has 1 atom stereocenters. The van der Waals surface area contributed by atoms with E-state index in [-0.39, 0.29) is 6.04 Å². The number of hydrogen-bond acceptors (Lipinski definition) is 3. The number of halogens is 1. The monoisotopic (exact) mass is 286 g/mol. The summed E-state index contributed by atoms with van der Waals surface area (Å²) in [6.45, 7) is 2.09. The van der Waals surface area contributed by atoms with Crippen molar-refractivity contribution >= 4 is 28.5 Å². The molecule has 3 rings (SSSR count). The molecule has 0 spiro atoms. The molecule has 4 nitrogen and oxygen atoms in total. The number of hydrogen-bond donors (Lipinski definition) is 1. The van der Waals surface area contributed by atoms with Gasteiger partial charge in [-0.05, 0) is 30.7 Å². The van der Waals surface area contributed by atoms with Crippen LogP contribution in [0.1, 0.15) is 18.5 Å². The van der Waals surface area contributed by atoms with Crippen LogP contribution in [0, 0.1) is 0 Å². The van der Waals surface area contributed by atoms with E-state index in [1.165, 1.54) is 0 Å². The Balaban J connectivity index is 1.91. The first-order valence-corrected chi connectivity index (χ1v) is 6.81. The summed E-state index contributed by atoms with van der Waals surface area (Å²) < 4.78 is 1.98. The molecule has 1 aromatic carbocycles. The van der Waals surface area contributed by atoms with Gasteiger partial charge in [0.25, 0.3) is 0 Å². The number of pyridine rings is 1. The molecule has 0 bridgehead atoms. The maximum Gasteiger partial charge on any atom is 0.154 e. The SMILES string of the molecule is CC(Nc1nccc2c1ncn2C)c1ccc(Cl)cc1. The molecule has 20 heavy (non-hydrogen) atoms. The van der Waals surface area contributed by atoms with Gasteiger partial charge in [0.1, 0.15) is 5.52 Å². The number of nitrogens with zero attached hydrogens (tertiary/aromatic N) is 3. The van der Waals surface area contributed by atoms with Crippen LogP contribution in [0.25, 0.3) is 11.0 Å². The molecule has 5 heteroatoms. The number of aromatic nitrogens is 3. The van der Waals surface area contributed by atoms with Crippen molar-refractivity contribution in [2.24, 2.45) is 7.05 Å². The van der Waals surface area contributed by atoms with E-state index in [0.717, 1.165) is 27.4 Å². The van der Waals surface area contributed by atoms with Gasteiger partial charge in [0.15, 0.2) is 5.82 Å². The predicted octanol–water partition coefficient (Wildman–Crippen LogP) is 3.79. The quantitative estimate of drug-likeness (QED) is 0.796. The second kappa shape index (κ2) is 5.13. The van der Waals surface area contributed by atoms with Gasteiger partial charge < -0.3 is 9.88 Å². The Morgan fingerprint density at radius 1 is 1.15 bits per heavy atom. The third-order valence-electron chi connectivity index (χ3n) is 3.37. The van der Waals surface area contributed by atoms with Crippen LogP contribution < -0.4 is 5.32 Å². The van der Waals surface area contributed by atoms with Gasteiger partial charge in [0.2, 0.25) is 0 Å². The Hall–Kier alpha value is -2.07. The lowest BCUT2D eigenvalue weighted by molar-refractivity contribution is 0.877. The summed E-state index contributed by atoms with van der Waals surface area (Å²) in [6.07, 6.45) is 3.59. The summed E-state index contributed by atoms with van der Waals surface area (Å²) >= 11 is 5.91. The number of imidazole rings is 1. The van der Waals surface area contributed by atoms with Gasteiger partial charge in [-0.25, -0.2) is 9.97 Å². The van der Waals surface area contributed by atoms with Crippen molar-refractivity contribution in [2.45, 2.75) is 13.0 Å². The predicted molar refractivity (Wildman–Crippen MR) is 82.0 cm³/mol. The van der Waals surface area contributed by atoms with Gasteiger partial charge in [0, 0.05) is 18.3 Å². The van der Waals surface area contributed by atoms with Crippen LogP contribution >= 0.6 is 11.6 Å². The third-order valence-corrected chi connectivity index (χ3v) is 3.62. The number of aryl methyl sites for hydroxylation is 1. The molecule has 1 N–H and O–H groups in total. The van der Waals surface area contributed by atoms with Crippen molar-refractivity contribution in [3.63, 3.8) is 0 Å². The van der Waals surface area contributed by atoms with Gasteiger partial charge in [-0.1, -0.05) is 23.7 Å². The lowest BCUT2D eigenvalue weighted by atomic mass is 10.1. The van der Waals surface area contributed by atoms with Gasteiger partial charge in [-0.2, -0.15) is 0 Å². The van der Waals surface area contributed by atoms with Gasteiger partial charge in [-0.15, -0.1) is 0 Å². The Bertz CT molecular complexity index is 733.